The molecule has 0 saturated carbocycles. The number of amides is 1. The number of benzene rings is 1. The summed E-state index contributed by atoms with van der Waals surface area (Å²) in [6.07, 6.45) is 3.07. The lowest BCUT2D eigenvalue weighted by Crippen LogP contribution is -2.45. The molecule has 1 aromatic rings. The maximum atomic E-state index is 12.4. The predicted molar refractivity (Wildman–Crippen MR) is 98.2 cm³/mol. The topological polar surface area (TPSA) is 41.6 Å². The Kier molecular flexibility index (Phi) is 6.27. The second kappa shape index (κ2) is 8.02. The normalized spacial score (nSPS) is 20.4. The van der Waals surface area contributed by atoms with Crippen LogP contribution in [0.3, 0.4) is 0 Å². The van der Waals surface area contributed by atoms with Crippen molar-refractivity contribution in [1.29, 1.82) is 0 Å². The molecule has 1 N–H and O–H groups in total. The Balaban J connectivity index is 1.99. The first kappa shape index (κ1) is 18.8. The number of nitrogens with zero attached hydrogens (tertiary/aromatic N) is 1. The highest BCUT2D eigenvalue weighted by molar-refractivity contribution is 5.68. The van der Waals surface area contributed by atoms with Gasteiger partial charge in [0.05, 0.1) is 0 Å². The quantitative estimate of drug-likeness (QED) is 0.890. The van der Waals surface area contributed by atoms with Crippen molar-refractivity contribution in [2.24, 2.45) is 0 Å². The largest absolute Gasteiger partial charge is 0.444 e. The Morgan fingerprint density at radius 3 is 2.67 bits per heavy atom. The van der Waals surface area contributed by atoms with Crippen LogP contribution in [0.15, 0.2) is 24.3 Å². The summed E-state index contributed by atoms with van der Waals surface area (Å²) in [7, 11) is 0. The van der Waals surface area contributed by atoms with Crippen LogP contribution in [0, 0.1) is 6.92 Å². The summed E-state index contributed by atoms with van der Waals surface area (Å²) in [4.78, 5) is 14.3. The van der Waals surface area contributed by atoms with E-state index in [1.54, 1.807) is 0 Å². The van der Waals surface area contributed by atoms with E-state index < -0.39 is 5.60 Å². The fourth-order valence-electron chi connectivity index (χ4n) is 3.29. The summed E-state index contributed by atoms with van der Waals surface area (Å²) < 4.78 is 5.55. The highest BCUT2D eigenvalue weighted by atomic mass is 16.6. The molecule has 0 bridgehead atoms. The molecule has 2 atom stereocenters. The minimum Gasteiger partial charge on any atom is -0.444 e. The summed E-state index contributed by atoms with van der Waals surface area (Å²) in [5.74, 6) is 0. The molecule has 0 spiro atoms. The molecular formula is C20H32N2O2. The fraction of sp³-hybridized carbons (Fsp3) is 0.650. The Morgan fingerprint density at radius 2 is 2.00 bits per heavy atom. The molecule has 1 heterocycles. The standard InChI is InChI=1S/C20H32N2O2/c1-15-10-6-7-12-18(15)16(2)21-17-11-8-9-13-22(14-17)19(23)24-20(3,4)5/h6-7,10,12,16-17,21H,8-9,11,13-14H2,1-5H3. The Labute approximate surface area is 146 Å². The molecular weight excluding hydrogens is 300 g/mol. The van der Waals surface area contributed by atoms with E-state index in [0.717, 1.165) is 25.8 Å². The zero-order valence-electron chi connectivity index (χ0n) is 15.8. The number of likely N-dealkylation sites (tertiary alicyclic amines) is 1. The van der Waals surface area contributed by atoms with Crippen molar-refractivity contribution in [2.75, 3.05) is 13.1 Å². The first-order chi connectivity index (χ1) is 11.3. The van der Waals surface area contributed by atoms with Crippen LogP contribution < -0.4 is 5.32 Å². The Morgan fingerprint density at radius 1 is 1.29 bits per heavy atom. The summed E-state index contributed by atoms with van der Waals surface area (Å²) in [6.45, 7) is 11.6. The minimum atomic E-state index is -0.444. The van der Waals surface area contributed by atoms with E-state index in [9.17, 15) is 4.79 Å². The van der Waals surface area contributed by atoms with Gasteiger partial charge in [-0.1, -0.05) is 30.7 Å². The van der Waals surface area contributed by atoms with Gasteiger partial charge in [-0.25, -0.2) is 4.79 Å². The third-order valence-electron chi connectivity index (χ3n) is 4.46. The van der Waals surface area contributed by atoms with Crippen molar-refractivity contribution in [3.63, 3.8) is 0 Å². The van der Waals surface area contributed by atoms with Gasteiger partial charge in [0.2, 0.25) is 0 Å². The monoisotopic (exact) mass is 332 g/mol. The van der Waals surface area contributed by atoms with Crippen molar-refractivity contribution in [1.82, 2.24) is 10.2 Å². The summed E-state index contributed by atoms with van der Waals surface area (Å²) in [5, 5.41) is 3.71. The number of carbonyl (C=O) groups excluding carboxylic acids is 1. The molecule has 1 aliphatic heterocycles. The smallest absolute Gasteiger partial charge is 0.410 e. The lowest BCUT2D eigenvalue weighted by atomic mass is 10.0. The minimum absolute atomic E-state index is 0.195. The molecule has 0 aliphatic carbocycles. The molecule has 1 aromatic carbocycles. The zero-order chi connectivity index (χ0) is 17.7. The van der Waals surface area contributed by atoms with Crippen LogP contribution in [-0.2, 0) is 4.74 Å². The highest BCUT2D eigenvalue weighted by Crippen LogP contribution is 2.21. The number of nitrogens with one attached hydrogen (secondary N) is 1. The van der Waals surface area contributed by atoms with E-state index in [0.29, 0.717) is 12.6 Å². The average Bonchev–Trinajstić information content (AvgIpc) is 2.71. The molecule has 24 heavy (non-hydrogen) atoms. The number of aryl methyl sites for hydroxylation is 1. The van der Waals surface area contributed by atoms with Crippen LogP contribution in [0.4, 0.5) is 4.79 Å². The first-order valence-corrected chi connectivity index (χ1v) is 9.06. The van der Waals surface area contributed by atoms with Gasteiger partial charge in [0.25, 0.3) is 0 Å². The molecule has 2 unspecified atom stereocenters. The van der Waals surface area contributed by atoms with Gasteiger partial charge in [-0.2, -0.15) is 0 Å². The van der Waals surface area contributed by atoms with E-state index in [1.807, 2.05) is 25.7 Å². The predicted octanol–water partition coefficient (Wildman–Crippen LogP) is 4.44. The Bertz CT molecular complexity index is 551. The van der Waals surface area contributed by atoms with Crippen molar-refractivity contribution < 1.29 is 9.53 Å². The maximum absolute atomic E-state index is 12.4. The van der Waals surface area contributed by atoms with Crippen LogP contribution in [0.25, 0.3) is 0 Å². The third kappa shape index (κ3) is 5.52. The lowest BCUT2D eigenvalue weighted by molar-refractivity contribution is 0.0242. The van der Waals surface area contributed by atoms with Crippen LogP contribution in [0.2, 0.25) is 0 Å². The third-order valence-corrected chi connectivity index (χ3v) is 4.46. The van der Waals surface area contributed by atoms with E-state index in [1.165, 1.54) is 11.1 Å². The van der Waals surface area contributed by atoms with Gasteiger partial charge < -0.3 is 15.0 Å². The molecule has 134 valence electrons. The van der Waals surface area contributed by atoms with Gasteiger partial charge in [0.1, 0.15) is 5.60 Å². The Hall–Kier alpha value is -1.55. The molecule has 0 aromatic heterocycles. The maximum Gasteiger partial charge on any atom is 0.410 e. The number of rotatable bonds is 3. The molecule has 1 amide bonds. The molecule has 2 rings (SSSR count). The number of ether oxygens (including phenoxy) is 1. The van der Waals surface area contributed by atoms with Crippen LogP contribution in [-0.4, -0.2) is 35.7 Å². The summed E-state index contributed by atoms with van der Waals surface area (Å²) >= 11 is 0. The lowest BCUT2D eigenvalue weighted by Gasteiger charge is -2.30. The van der Waals surface area contributed by atoms with Crippen molar-refractivity contribution >= 4 is 6.09 Å². The van der Waals surface area contributed by atoms with Gasteiger partial charge in [-0.15, -0.1) is 0 Å². The molecule has 1 fully saturated rings. The fourth-order valence-corrected chi connectivity index (χ4v) is 3.29. The first-order valence-electron chi connectivity index (χ1n) is 9.06. The molecule has 4 nitrogen and oxygen atoms in total. The number of carbonyl (C=O) groups is 1. The van der Waals surface area contributed by atoms with Gasteiger partial charge >= 0.3 is 6.09 Å². The number of hydrogen-bond acceptors (Lipinski definition) is 3. The molecule has 1 saturated heterocycles. The van der Waals surface area contributed by atoms with Gasteiger partial charge in [-0.05, 0) is 58.6 Å². The van der Waals surface area contributed by atoms with Crippen LogP contribution >= 0.6 is 0 Å². The van der Waals surface area contributed by atoms with Crippen molar-refractivity contribution in [3.05, 3.63) is 35.4 Å². The van der Waals surface area contributed by atoms with Gasteiger partial charge in [0.15, 0.2) is 0 Å². The SMILES string of the molecule is Cc1ccccc1C(C)NC1CCCCN(C(=O)OC(C)(C)C)C1. The summed E-state index contributed by atoms with van der Waals surface area (Å²) in [6, 6.07) is 9.05. The van der Waals surface area contributed by atoms with Crippen LogP contribution in [0.1, 0.15) is 64.1 Å². The molecule has 0 radical (unpaired) electrons. The van der Waals surface area contributed by atoms with E-state index in [4.69, 9.17) is 4.74 Å². The average molecular weight is 332 g/mol. The van der Waals surface area contributed by atoms with E-state index in [2.05, 4.69) is 43.4 Å². The molecule has 4 heteroatoms. The van der Waals surface area contributed by atoms with Crippen molar-refractivity contribution in [2.45, 2.75) is 71.6 Å². The molecule has 1 aliphatic rings. The zero-order valence-corrected chi connectivity index (χ0v) is 15.8. The van der Waals surface area contributed by atoms with E-state index >= 15 is 0 Å². The van der Waals surface area contributed by atoms with E-state index in [-0.39, 0.29) is 12.1 Å². The second-order valence-electron chi connectivity index (χ2n) is 7.86. The van der Waals surface area contributed by atoms with Gasteiger partial charge in [0, 0.05) is 25.2 Å². The summed E-state index contributed by atoms with van der Waals surface area (Å²) in [5.41, 5.74) is 2.18. The van der Waals surface area contributed by atoms with Crippen LogP contribution in [0.5, 0.6) is 0 Å². The van der Waals surface area contributed by atoms with Crippen molar-refractivity contribution in [3.8, 4) is 0 Å². The highest BCUT2D eigenvalue weighted by Gasteiger charge is 2.27. The second-order valence-corrected chi connectivity index (χ2v) is 7.86. The number of hydrogen-bond donors (Lipinski definition) is 1. The van der Waals surface area contributed by atoms with Gasteiger partial charge in [-0.3, -0.25) is 0 Å².